The van der Waals surface area contributed by atoms with Gasteiger partial charge in [-0.15, -0.1) is 0 Å². The van der Waals surface area contributed by atoms with Crippen molar-refractivity contribution in [1.29, 1.82) is 0 Å². The third-order valence-corrected chi connectivity index (χ3v) is 4.93. The average Bonchev–Trinajstić information content (AvgIpc) is 3.22. The van der Waals surface area contributed by atoms with E-state index in [2.05, 4.69) is 15.0 Å². The van der Waals surface area contributed by atoms with Gasteiger partial charge in [-0.3, -0.25) is 9.69 Å². The Bertz CT molecular complexity index is 660. The summed E-state index contributed by atoms with van der Waals surface area (Å²) in [7, 11) is 0. The molecule has 0 radical (unpaired) electrons. The smallest absolute Gasteiger partial charge is 0.236 e. The van der Waals surface area contributed by atoms with Crippen molar-refractivity contribution < 1.29 is 14.1 Å². The van der Waals surface area contributed by atoms with Crippen LogP contribution in [0.25, 0.3) is 11.4 Å². The molecule has 4 heterocycles. The van der Waals surface area contributed by atoms with Crippen LogP contribution in [0.1, 0.15) is 11.8 Å². The third kappa shape index (κ3) is 3.15. The lowest BCUT2D eigenvalue weighted by Crippen LogP contribution is -2.52. The molecule has 2 fully saturated rings. The maximum atomic E-state index is 12.2. The highest BCUT2D eigenvalue weighted by Gasteiger charge is 2.34. The topological polar surface area (TPSA) is 71.7 Å². The van der Waals surface area contributed by atoms with Gasteiger partial charge >= 0.3 is 0 Å². The number of amides is 1. The van der Waals surface area contributed by atoms with Gasteiger partial charge in [0.05, 0.1) is 25.7 Å². The third-order valence-electron chi connectivity index (χ3n) is 4.25. The largest absolute Gasteiger partial charge is 0.378 e. The molecule has 0 bridgehead atoms. The van der Waals surface area contributed by atoms with Crippen molar-refractivity contribution in [3.8, 4) is 11.4 Å². The Morgan fingerprint density at radius 3 is 2.91 bits per heavy atom. The molecule has 122 valence electrons. The summed E-state index contributed by atoms with van der Waals surface area (Å²) in [4.78, 5) is 20.6. The van der Waals surface area contributed by atoms with Crippen molar-refractivity contribution in [3.63, 3.8) is 0 Å². The lowest BCUT2D eigenvalue weighted by atomic mass is 10.0. The van der Waals surface area contributed by atoms with Crippen molar-refractivity contribution in [2.75, 3.05) is 45.9 Å². The molecule has 8 heteroatoms. The van der Waals surface area contributed by atoms with Gasteiger partial charge < -0.3 is 14.2 Å². The Hall–Kier alpha value is -1.77. The molecule has 23 heavy (non-hydrogen) atoms. The fraction of sp³-hybridized carbons (Fsp3) is 0.533. The number of hydrogen-bond donors (Lipinski definition) is 0. The second kappa shape index (κ2) is 6.38. The minimum Gasteiger partial charge on any atom is -0.378 e. The van der Waals surface area contributed by atoms with E-state index < -0.39 is 0 Å². The molecule has 2 aromatic rings. The second-order valence-electron chi connectivity index (χ2n) is 5.85. The summed E-state index contributed by atoms with van der Waals surface area (Å²) < 4.78 is 10.6. The van der Waals surface area contributed by atoms with Crippen LogP contribution in [-0.4, -0.2) is 71.8 Å². The molecule has 2 saturated heterocycles. The number of ether oxygens (including phenoxy) is 1. The zero-order valence-electron chi connectivity index (χ0n) is 12.7. The average molecular weight is 334 g/mol. The molecular formula is C15H18N4O3S. The molecule has 1 amide bonds. The molecule has 0 aliphatic carbocycles. The van der Waals surface area contributed by atoms with Gasteiger partial charge in [0.2, 0.25) is 17.6 Å². The fourth-order valence-corrected chi connectivity index (χ4v) is 3.50. The number of carbonyl (C=O) groups excluding carboxylic acids is 1. The van der Waals surface area contributed by atoms with Gasteiger partial charge in [0.25, 0.3) is 0 Å². The van der Waals surface area contributed by atoms with E-state index in [9.17, 15) is 4.79 Å². The molecule has 0 atom stereocenters. The van der Waals surface area contributed by atoms with Crippen molar-refractivity contribution >= 4 is 17.2 Å². The number of thiophene rings is 1. The molecule has 4 rings (SSSR count). The summed E-state index contributed by atoms with van der Waals surface area (Å²) in [5.41, 5.74) is 0.990. The van der Waals surface area contributed by atoms with Crippen molar-refractivity contribution in [1.82, 2.24) is 19.9 Å². The number of rotatable bonds is 4. The van der Waals surface area contributed by atoms with E-state index in [-0.39, 0.29) is 11.8 Å². The first-order chi connectivity index (χ1) is 11.3. The first kappa shape index (κ1) is 14.8. The zero-order chi connectivity index (χ0) is 15.6. The SMILES string of the molecule is O=C(CN1CC(c2nc(-c3ccsc3)no2)C1)N1CCOCC1. The van der Waals surface area contributed by atoms with Crippen LogP contribution >= 0.6 is 11.3 Å². The maximum Gasteiger partial charge on any atom is 0.236 e. The Morgan fingerprint density at radius 2 is 2.17 bits per heavy atom. The summed E-state index contributed by atoms with van der Waals surface area (Å²) in [6, 6.07) is 1.98. The highest BCUT2D eigenvalue weighted by Crippen LogP contribution is 2.28. The predicted octanol–water partition coefficient (Wildman–Crippen LogP) is 1.06. The number of likely N-dealkylation sites (tertiary alicyclic amines) is 1. The Balaban J connectivity index is 1.29. The molecule has 0 saturated carbocycles. The Morgan fingerprint density at radius 1 is 1.35 bits per heavy atom. The van der Waals surface area contributed by atoms with Gasteiger partial charge in [0.15, 0.2) is 0 Å². The molecule has 2 aliphatic rings. The highest BCUT2D eigenvalue weighted by atomic mass is 32.1. The van der Waals surface area contributed by atoms with E-state index in [4.69, 9.17) is 9.26 Å². The molecule has 0 unspecified atom stereocenters. The highest BCUT2D eigenvalue weighted by molar-refractivity contribution is 7.08. The van der Waals surface area contributed by atoms with Crippen molar-refractivity contribution in [2.45, 2.75) is 5.92 Å². The molecule has 2 aliphatic heterocycles. The molecule has 7 nitrogen and oxygen atoms in total. The van der Waals surface area contributed by atoms with Gasteiger partial charge in [0.1, 0.15) is 0 Å². The van der Waals surface area contributed by atoms with Crippen LogP contribution in [0.2, 0.25) is 0 Å². The number of aromatic nitrogens is 2. The van der Waals surface area contributed by atoms with Crippen LogP contribution in [0.15, 0.2) is 21.3 Å². The molecule has 2 aromatic heterocycles. The fourth-order valence-electron chi connectivity index (χ4n) is 2.87. The van der Waals surface area contributed by atoms with Crippen molar-refractivity contribution in [3.05, 3.63) is 22.7 Å². The minimum atomic E-state index is 0.177. The van der Waals surface area contributed by atoms with Gasteiger partial charge in [-0.2, -0.15) is 16.3 Å². The van der Waals surface area contributed by atoms with Crippen molar-refractivity contribution in [2.24, 2.45) is 0 Å². The monoisotopic (exact) mass is 334 g/mol. The normalized spacial score (nSPS) is 19.7. The minimum absolute atomic E-state index is 0.177. The predicted molar refractivity (Wildman–Crippen MR) is 84.2 cm³/mol. The Labute approximate surface area is 137 Å². The van der Waals surface area contributed by atoms with E-state index in [1.165, 1.54) is 0 Å². The Kier molecular flexibility index (Phi) is 4.11. The lowest BCUT2D eigenvalue weighted by Gasteiger charge is -2.38. The summed E-state index contributed by atoms with van der Waals surface area (Å²) in [5, 5.41) is 8.03. The number of morpholine rings is 1. The number of hydrogen-bond acceptors (Lipinski definition) is 7. The van der Waals surface area contributed by atoms with Crippen LogP contribution in [0, 0.1) is 0 Å². The van der Waals surface area contributed by atoms with Crippen LogP contribution in [0.4, 0.5) is 0 Å². The van der Waals surface area contributed by atoms with E-state index in [0.717, 1.165) is 18.7 Å². The van der Waals surface area contributed by atoms with E-state index in [1.54, 1.807) is 11.3 Å². The standard InChI is InChI=1S/C15H18N4O3S/c20-13(19-2-4-21-5-3-19)9-18-7-12(8-18)15-16-14(17-22-15)11-1-6-23-10-11/h1,6,10,12H,2-5,7-9H2. The van der Waals surface area contributed by atoms with Gasteiger partial charge in [-0.05, 0) is 11.4 Å². The van der Waals surface area contributed by atoms with Crippen LogP contribution in [0.3, 0.4) is 0 Å². The maximum absolute atomic E-state index is 12.2. The number of carbonyl (C=O) groups is 1. The molecule has 0 spiro atoms. The second-order valence-corrected chi connectivity index (χ2v) is 6.63. The molecular weight excluding hydrogens is 316 g/mol. The summed E-state index contributed by atoms with van der Waals surface area (Å²) >= 11 is 1.61. The summed E-state index contributed by atoms with van der Waals surface area (Å²) in [6.45, 7) is 4.72. The van der Waals surface area contributed by atoms with Gasteiger partial charge in [-0.25, -0.2) is 0 Å². The zero-order valence-corrected chi connectivity index (χ0v) is 13.5. The summed E-state index contributed by atoms with van der Waals surface area (Å²) in [5.74, 6) is 1.72. The van der Waals surface area contributed by atoms with Gasteiger partial charge in [-0.1, -0.05) is 5.16 Å². The molecule has 0 N–H and O–H groups in total. The van der Waals surface area contributed by atoms with Crippen LogP contribution in [0.5, 0.6) is 0 Å². The van der Waals surface area contributed by atoms with Crippen LogP contribution < -0.4 is 0 Å². The lowest BCUT2D eigenvalue weighted by molar-refractivity contribution is -0.137. The van der Waals surface area contributed by atoms with E-state index >= 15 is 0 Å². The van der Waals surface area contributed by atoms with E-state index in [1.807, 2.05) is 21.7 Å². The van der Waals surface area contributed by atoms with Gasteiger partial charge in [0, 0.05) is 37.1 Å². The first-order valence-electron chi connectivity index (χ1n) is 7.73. The first-order valence-corrected chi connectivity index (χ1v) is 8.68. The quantitative estimate of drug-likeness (QED) is 0.832. The summed E-state index contributed by atoms with van der Waals surface area (Å²) in [6.07, 6.45) is 0. The van der Waals surface area contributed by atoms with Crippen LogP contribution in [-0.2, 0) is 9.53 Å². The molecule has 0 aromatic carbocycles. The number of nitrogens with zero attached hydrogens (tertiary/aromatic N) is 4. The van der Waals surface area contributed by atoms with E-state index in [0.29, 0.717) is 44.6 Å².